The Morgan fingerprint density at radius 3 is 2.60 bits per heavy atom. The third-order valence-corrected chi connectivity index (χ3v) is 1.75. The summed E-state index contributed by atoms with van der Waals surface area (Å²) in [5, 5.41) is 11.1. The molecule has 0 fully saturated rings. The Balaban J connectivity index is 2.74. The Hall–Kier alpha value is -2.04. The second kappa shape index (κ2) is 4.45. The lowest BCUT2D eigenvalue weighted by Gasteiger charge is -2.06. The van der Waals surface area contributed by atoms with Gasteiger partial charge >= 0.3 is 5.97 Å². The Morgan fingerprint density at radius 1 is 1.53 bits per heavy atom. The molecule has 80 valence electrons. The predicted molar refractivity (Wildman–Crippen MR) is 52.8 cm³/mol. The third-order valence-electron chi connectivity index (χ3n) is 1.75. The lowest BCUT2D eigenvalue weighted by atomic mass is 10.3. The van der Waals surface area contributed by atoms with Gasteiger partial charge < -0.3 is 14.8 Å². The molecule has 0 bridgehead atoms. The number of rotatable bonds is 4. The van der Waals surface area contributed by atoms with Crippen LogP contribution < -0.4 is 5.32 Å². The van der Waals surface area contributed by atoms with Gasteiger partial charge in [-0.25, -0.2) is 4.79 Å². The van der Waals surface area contributed by atoms with Gasteiger partial charge in [0.2, 0.25) is 5.76 Å². The topological polar surface area (TPSA) is 79.5 Å². The van der Waals surface area contributed by atoms with Crippen LogP contribution in [-0.2, 0) is 0 Å². The zero-order valence-corrected chi connectivity index (χ0v) is 8.19. The van der Waals surface area contributed by atoms with E-state index >= 15 is 0 Å². The summed E-state index contributed by atoms with van der Waals surface area (Å²) >= 11 is 0. The second-order valence-electron chi connectivity index (χ2n) is 2.97. The quantitative estimate of drug-likeness (QED) is 0.732. The maximum Gasteiger partial charge on any atom is 0.371 e. The van der Waals surface area contributed by atoms with Gasteiger partial charge in [0.1, 0.15) is 0 Å². The molecule has 0 spiro atoms. The minimum atomic E-state index is -1.20. The summed E-state index contributed by atoms with van der Waals surface area (Å²) in [6, 6.07) is 2.35. The van der Waals surface area contributed by atoms with Gasteiger partial charge in [0, 0.05) is 6.04 Å². The molecule has 1 amide bonds. The molecule has 1 rings (SSSR count). The highest BCUT2D eigenvalue weighted by Gasteiger charge is 2.15. The number of carboxylic acid groups (broad SMARTS) is 1. The number of nitrogens with one attached hydrogen (secondary N) is 1. The van der Waals surface area contributed by atoms with Crippen LogP contribution >= 0.6 is 0 Å². The molecule has 5 heteroatoms. The van der Waals surface area contributed by atoms with E-state index in [2.05, 4.69) is 11.9 Å². The normalized spacial score (nSPS) is 11.8. The van der Waals surface area contributed by atoms with Crippen LogP contribution in [0.4, 0.5) is 0 Å². The van der Waals surface area contributed by atoms with Crippen molar-refractivity contribution in [2.24, 2.45) is 0 Å². The van der Waals surface area contributed by atoms with Crippen molar-refractivity contribution < 1.29 is 19.1 Å². The van der Waals surface area contributed by atoms with Gasteiger partial charge in [0.25, 0.3) is 5.91 Å². The summed E-state index contributed by atoms with van der Waals surface area (Å²) in [7, 11) is 0. The van der Waals surface area contributed by atoms with Crippen molar-refractivity contribution in [3.63, 3.8) is 0 Å². The van der Waals surface area contributed by atoms with Crippen molar-refractivity contribution in [1.82, 2.24) is 5.32 Å². The number of carbonyl (C=O) groups excluding carboxylic acids is 1. The van der Waals surface area contributed by atoms with E-state index in [1.807, 2.05) is 0 Å². The molecule has 2 N–H and O–H groups in total. The molecular formula is C10H11NO4. The zero-order chi connectivity index (χ0) is 11.4. The summed E-state index contributed by atoms with van der Waals surface area (Å²) in [4.78, 5) is 21.9. The van der Waals surface area contributed by atoms with Crippen LogP contribution in [0.1, 0.15) is 28.0 Å². The molecule has 0 aliphatic carbocycles. The SMILES string of the molecule is C=CC(C)NC(=O)c1ccc(C(=O)O)o1. The molecule has 0 aliphatic heterocycles. The second-order valence-corrected chi connectivity index (χ2v) is 2.97. The van der Waals surface area contributed by atoms with Crippen molar-refractivity contribution >= 4 is 11.9 Å². The van der Waals surface area contributed by atoms with E-state index in [4.69, 9.17) is 9.52 Å². The highest BCUT2D eigenvalue weighted by atomic mass is 16.4. The lowest BCUT2D eigenvalue weighted by molar-refractivity contribution is 0.0659. The molecule has 0 saturated carbocycles. The summed E-state index contributed by atoms with van der Waals surface area (Å²) in [6.07, 6.45) is 1.55. The smallest absolute Gasteiger partial charge is 0.371 e. The van der Waals surface area contributed by atoms with E-state index < -0.39 is 11.9 Å². The molecule has 0 saturated heterocycles. The van der Waals surface area contributed by atoms with Crippen LogP contribution in [-0.4, -0.2) is 23.0 Å². The minimum Gasteiger partial charge on any atom is -0.475 e. The first-order chi connectivity index (χ1) is 7.04. The fourth-order valence-electron chi connectivity index (χ4n) is 0.912. The zero-order valence-electron chi connectivity index (χ0n) is 8.19. The minimum absolute atomic E-state index is 0.0268. The lowest BCUT2D eigenvalue weighted by Crippen LogP contribution is -2.30. The Morgan fingerprint density at radius 2 is 2.13 bits per heavy atom. The Labute approximate surface area is 86.4 Å². The highest BCUT2D eigenvalue weighted by Crippen LogP contribution is 2.07. The molecular weight excluding hydrogens is 198 g/mol. The van der Waals surface area contributed by atoms with E-state index in [0.29, 0.717) is 0 Å². The summed E-state index contributed by atoms with van der Waals surface area (Å²) in [5.41, 5.74) is 0. The molecule has 1 aromatic heterocycles. The van der Waals surface area contributed by atoms with Gasteiger partial charge in [-0.2, -0.15) is 0 Å². The molecule has 1 aromatic rings. The number of hydrogen-bond donors (Lipinski definition) is 2. The number of carbonyl (C=O) groups is 2. The summed E-state index contributed by atoms with van der Waals surface area (Å²) < 4.78 is 4.81. The van der Waals surface area contributed by atoms with Crippen molar-refractivity contribution in [2.45, 2.75) is 13.0 Å². The Bertz CT molecular complexity index is 394. The van der Waals surface area contributed by atoms with Crippen molar-refractivity contribution in [1.29, 1.82) is 0 Å². The summed E-state index contributed by atoms with van der Waals surface area (Å²) in [5.74, 6) is -1.95. The maximum atomic E-state index is 11.4. The fourth-order valence-corrected chi connectivity index (χ4v) is 0.912. The summed E-state index contributed by atoms with van der Waals surface area (Å²) in [6.45, 7) is 5.24. The highest BCUT2D eigenvalue weighted by molar-refractivity contribution is 5.93. The van der Waals surface area contributed by atoms with E-state index in [0.717, 1.165) is 0 Å². The monoisotopic (exact) mass is 209 g/mol. The average Bonchev–Trinajstić information content (AvgIpc) is 2.66. The van der Waals surface area contributed by atoms with Gasteiger partial charge in [-0.05, 0) is 19.1 Å². The predicted octanol–water partition coefficient (Wildman–Crippen LogP) is 1.28. The van der Waals surface area contributed by atoms with E-state index in [-0.39, 0.29) is 17.6 Å². The first-order valence-corrected chi connectivity index (χ1v) is 4.31. The largest absolute Gasteiger partial charge is 0.475 e. The number of amides is 1. The van der Waals surface area contributed by atoms with Gasteiger partial charge in [-0.3, -0.25) is 4.79 Å². The molecule has 15 heavy (non-hydrogen) atoms. The van der Waals surface area contributed by atoms with Crippen LogP contribution in [0.2, 0.25) is 0 Å². The molecule has 1 unspecified atom stereocenters. The maximum absolute atomic E-state index is 11.4. The van der Waals surface area contributed by atoms with Crippen LogP contribution in [0.15, 0.2) is 29.2 Å². The molecule has 5 nitrogen and oxygen atoms in total. The Kier molecular flexibility index (Phi) is 3.28. The van der Waals surface area contributed by atoms with Crippen molar-refractivity contribution in [3.8, 4) is 0 Å². The van der Waals surface area contributed by atoms with Gasteiger partial charge in [0.15, 0.2) is 5.76 Å². The van der Waals surface area contributed by atoms with E-state index in [1.54, 1.807) is 13.0 Å². The van der Waals surface area contributed by atoms with E-state index in [1.165, 1.54) is 12.1 Å². The van der Waals surface area contributed by atoms with Crippen LogP contribution in [0.3, 0.4) is 0 Å². The molecule has 0 aromatic carbocycles. The fraction of sp³-hybridized carbons (Fsp3) is 0.200. The number of carboxylic acids is 1. The molecule has 0 radical (unpaired) electrons. The van der Waals surface area contributed by atoms with Crippen LogP contribution in [0.5, 0.6) is 0 Å². The van der Waals surface area contributed by atoms with E-state index in [9.17, 15) is 9.59 Å². The molecule has 0 aliphatic rings. The molecule has 1 atom stereocenters. The average molecular weight is 209 g/mol. The van der Waals surface area contributed by atoms with Gasteiger partial charge in [0.05, 0.1) is 0 Å². The molecule has 1 heterocycles. The van der Waals surface area contributed by atoms with Crippen molar-refractivity contribution in [3.05, 3.63) is 36.3 Å². The number of hydrogen-bond acceptors (Lipinski definition) is 3. The third kappa shape index (κ3) is 2.70. The van der Waals surface area contributed by atoms with Crippen LogP contribution in [0, 0.1) is 0 Å². The first kappa shape index (κ1) is 11.0. The number of aromatic carboxylic acids is 1. The number of furan rings is 1. The van der Waals surface area contributed by atoms with Gasteiger partial charge in [-0.1, -0.05) is 6.08 Å². The van der Waals surface area contributed by atoms with Crippen molar-refractivity contribution in [2.75, 3.05) is 0 Å². The first-order valence-electron chi connectivity index (χ1n) is 4.31. The van der Waals surface area contributed by atoms with Gasteiger partial charge in [-0.15, -0.1) is 6.58 Å². The standard InChI is InChI=1S/C10H11NO4/c1-3-6(2)11-9(12)7-4-5-8(15-7)10(13)14/h3-6H,1H2,2H3,(H,11,12)(H,13,14). The van der Waals surface area contributed by atoms with Crippen LogP contribution in [0.25, 0.3) is 0 Å².